The molecule has 1 heteroatoms. The molecule has 0 spiro atoms. The summed E-state index contributed by atoms with van der Waals surface area (Å²) in [5.41, 5.74) is 0. The standard InChI is InChI=1S/C12H20O/c1-9-8-11(9)12(13)10-6-4-2-3-5-7-10/h9-11H,2-8H2,1H3. The van der Waals surface area contributed by atoms with Crippen LogP contribution in [0.15, 0.2) is 0 Å². The molecular formula is C12H20O. The number of carbonyl (C=O) groups excluding carboxylic acids is 1. The molecule has 13 heavy (non-hydrogen) atoms. The highest BCUT2D eigenvalue weighted by molar-refractivity contribution is 5.85. The number of hydrogen-bond donors (Lipinski definition) is 0. The van der Waals surface area contributed by atoms with Gasteiger partial charge in [0, 0.05) is 11.8 Å². The Bertz CT molecular complexity index is 189. The molecule has 0 radical (unpaired) electrons. The number of rotatable bonds is 2. The quantitative estimate of drug-likeness (QED) is 0.596. The summed E-state index contributed by atoms with van der Waals surface area (Å²) >= 11 is 0. The van der Waals surface area contributed by atoms with Crippen molar-refractivity contribution in [3.8, 4) is 0 Å². The van der Waals surface area contributed by atoms with Crippen molar-refractivity contribution < 1.29 is 4.79 Å². The Morgan fingerprint density at radius 3 is 2.08 bits per heavy atom. The van der Waals surface area contributed by atoms with Gasteiger partial charge in [0.1, 0.15) is 5.78 Å². The zero-order valence-corrected chi connectivity index (χ0v) is 8.59. The fraction of sp³-hybridized carbons (Fsp3) is 0.917. The average molecular weight is 180 g/mol. The van der Waals surface area contributed by atoms with Gasteiger partial charge in [-0.1, -0.05) is 32.6 Å². The second kappa shape index (κ2) is 3.81. The van der Waals surface area contributed by atoms with Crippen LogP contribution < -0.4 is 0 Å². The lowest BCUT2D eigenvalue weighted by Gasteiger charge is -2.11. The van der Waals surface area contributed by atoms with Gasteiger partial charge in [-0.05, 0) is 25.2 Å². The van der Waals surface area contributed by atoms with Crippen molar-refractivity contribution in [3.63, 3.8) is 0 Å². The molecule has 2 atom stereocenters. The third-order valence-electron chi connectivity index (χ3n) is 3.73. The molecule has 2 rings (SSSR count). The highest BCUT2D eigenvalue weighted by atomic mass is 16.1. The summed E-state index contributed by atoms with van der Waals surface area (Å²) in [7, 11) is 0. The molecule has 2 aliphatic carbocycles. The van der Waals surface area contributed by atoms with Crippen LogP contribution in [0.5, 0.6) is 0 Å². The number of Topliss-reactive ketones (excluding diaryl/α,β-unsaturated/α-hetero) is 1. The molecule has 0 bridgehead atoms. The Labute approximate surface area is 80.9 Å². The monoisotopic (exact) mass is 180 g/mol. The first-order valence-electron chi connectivity index (χ1n) is 5.83. The van der Waals surface area contributed by atoms with Crippen LogP contribution in [0.2, 0.25) is 0 Å². The van der Waals surface area contributed by atoms with Gasteiger partial charge in [0.2, 0.25) is 0 Å². The summed E-state index contributed by atoms with van der Waals surface area (Å²) in [6.45, 7) is 2.21. The number of ketones is 1. The second-order valence-corrected chi connectivity index (χ2v) is 4.91. The maximum atomic E-state index is 11.9. The van der Waals surface area contributed by atoms with Crippen molar-refractivity contribution in [1.82, 2.24) is 0 Å². The molecule has 0 saturated heterocycles. The first-order valence-corrected chi connectivity index (χ1v) is 5.83. The third-order valence-corrected chi connectivity index (χ3v) is 3.73. The van der Waals surface area contributed by atoms with E-state index in [1.54, 1.807) is 0 Å². The van der Waals surface area contributed by atoms with Crippen LogP contribution in [0.25, 0.3) is 0 Å². The summed E-state index contributed by atoms with van der Waals surface area (Å²) in [6.07, 6.45) is 8.82. The molecule has 2 aliphatic rings. The molecule has 1 nitrogen and oxygen atoms in total. The summed E-state index contributed by atoms with van der Waals surface area (Å²) in [5.74, 6) is 2.21. The zero-order valence-electron chi connectivity index (χ0n) is 8.59. The van der Waals surface area contributed by atoms with Crippen LogP contribution in [0.1, 0.15) is 51.9 Å². The molecule has 0 heterocycles. The van der Waals surface area contributed by atoms with Gasteiger partial charge in [0.05, 0.1) is 0 Å². The van der Waals surface area contributed by atoms with Gasteiger partial charge in [0.25, 0.3) is 0 Å². The van der Waals surface area contributed by atoms with Crippen molar-refractivity contribution in [3.05, 3.63) is 0 Å². The van der Waals surface area contributed by atoms with Gasteiger partial charge in [0.15, 0.2) is 0 Å². The van der Waals surface area contributed by atoms with Crippen LogP contribution in [0, 0.1) is 17.8 Å². The summed E-state index contributed by atoms with van der Waals surface area (Å²) in [6, 6.07) is 0. The third kappa shape index (κ3) is 2.12. The predicted molar refractivity (Wildman–Crippen MR) is 53.5 cm³/mol. The van der Waals surface area contributed by atoms with E-state index in [0.29, 0.717) is 23.5 Å². The molecule has 0 N–H and O–H groups in total. The SMILES string of the molecule is CC1CC1C(=O)C1CCCCCC1. The first kappa shape index (κ1) is 9.23. The van der Waals surface area contributed by atoms with E-state index in [1.165, 1.54) is 44.9 Å². The van der Waals surface area contributed by atoms with Crippen LogP contribution in [0.3, 0.4) is 0 Å². The molecule has 0 aromatic carbocycles. The molecule has 0 aromatic rings. The van der Waals surface area contributed by atoms with E-state index in [9.17, 15) is 4.79 Å². The van der Waals surface area contributed by atoms with Gasteiger partial charge < -0.3 is 0 Å². The predicted octanol–water partition coefficient (Wildman–Crippen LogP) is 3.18. The molecule has 2 saturated carbocycles. The largest absolute Gasteiger partial charge is 0.299 e. The van der Waals surface area contributed by atoms with E-state index in [0.717, 1.165) is 0 Å². The highest BCUT2D eigenvalue weighted by Crippen LogP contribution is 2.42. The summed E-state index contributed by atoms with van der Waals surface area (Å²) in [4.78, 5) is 11.9. The molecule has 2 fully saturated rings. The maximum Gasteiger partial charge on any atom is 0.139 e. The Morgan fingerprint density at radius 2 is 1.62 bits per heavy atom. The van der Waals surface area contributed by atoms with Crippen molar-refractivity contribution >= 4 is 5.78 Å². The smallest absolute Gasteiger partial charge is 0.139 e. The van der Waals surface area contributed by atoms with Gasteiger partial charge >= 0.3 is 0 Å². The first-order chi connectivity index (χ1) is 6.29. The van der Waals surface area contributed by atoms with Crippen LogP contribution in [-0.2, 0) is 4.79 Å². The lowest BCUT2D eigenvalue weighted by Crippen LogP contribution is -2.16. The van der Waals surface area contributed by atoms with Crippen LogP contribution in [0.4, 0.5) is 0 Å². The topological polar surface area (TPSA) is 17.1 Å². The number of carbonyl (C=O) groups is 1. The molecule has 0 aromatic heterocycles. The normalized spacial score (nSPS) is 35.5. The minimum atomic E-state index is 0.442. The van der Waals surface area contributed by atoms with E-state index in [1.807, 2.05) is 0 Å². The van der Waals surface area contributed by atoms with Crippen LogP contribution in [-0.4, -0.2) is 5.78 Å². The second-order valence-electron chi connectivity index (χ2n) is 4.91. The maximum absolute atomic E-state index is 11.9. The molecular weight excluding hydrogens is 160 g/mol. The molecule has 2 unspecified atom stereocenters. The van der Waals surface area contributed by atoms with Gasteiger partial charge in [-0.3, -0.25) is 4.79 Å². The lowest BCUT2D eigenvalue weighted by atomic mass is 9.92. The summed E-state index contributed by atoms with van der Waals surface area (Å²) in [5, 5.41) is 0. The van der Waals surface area contributed by atoms with Crippen LogP contribution >= 0.6 is 0 Å². The van der Waals surface area contributed by atoms with Crippen molar-refractivity contribution in [2.75, 3.05) is 0 Å². The highest BCUT2D eigenvalue weighted by Gasteiger charge is 2.41. The van der Waals surface area contributed by atoms with Gasteiger partial charge in [-0.25, -0.2) is 0 Å². The minimum Gasteiger partial charge on any atom is -0.299 e. The molecule has 0 amide bonds. The van der Waals surface area contributed by atoms with E-state index in [4.69, 9.17) is 0 Å². The van der Waals surface area contributed by atoms with Gasteiger partial charge in [-0.15, -0.1) is 0 Å². The fourth-order valence-electron chi connectivity index (χ4n) is 2.59. The lowest BCUT2D eigenvalue weighted by molar-refractivity contribution is -0.124. The average Bonchev–Trinajstić information content (AvgIpc) is 2.86. The van der Waals surface area contributed by atoms with Crippen molar-refractivity contribution in [1.29, 1.82) is 0 Å². The van der Waals surface area contributed by atoms with E-state index < -0.39 is 0 Å². The van der Waals surface area contributed by atoms with Gasteiger partial charge in [-0.2, -0.15) is 0 Å². The Morgan fingerprint density at radius 1 is 1.08 bits per heavy atom. The van der Waals surface area contributed by atoms with Crippen molar-refractivity contribution in [2.24, 2.45) is 17.8 Å². The Kier molecular flexibility index (Phi) is 2.71. The fourth-order valence-corrected chi connectivity index (χ4v) is 2.59. The van der Waals surface area contributed by atoms with Crippen molar-refractivity contribution in [2.45, 2.75) is 51.9 Å². The van der Waals surface area contributed by atoms with E-state index in [2.05, 4.69) is 6.92 Å². The Balaban J connectivity index is 1.87. The molecule has 74 valence electrons. The number of hydrogen-bond acceptors (Lipinski definition) is 1. The van der Waals surface area contributed by atoms with E-state index in [-0.39, 0.29) is 0 Å². The Hall–Kier alpha value is -0.330. The minimum absolute atomic E-state index is 0.442. The zero-order chi connectivity index (χ0) is 9.26. The van der Waals surface area contributed by atoms with E-state index >= 15 is 0 Å². The summed E-state index contributed by atoms with van der Waals surface area (Å²) < 4.78 is 0. The molecule has 0 aliphatic heterocycles.